The monoisotopic (exact) mass is 348 g/mol. The van der Waals surface area contributed by atoms with Crippen molar-refractivity contribution in [2.75, 3.05) is 5.75 Å². The highest BCUT2D eigenvalue weighted by molar-refractivity contribution is 7.80. The molecule has 2 atom stereocenters. The highest BCUT2D eigenvalue weighted by Crippen LogP contribution is 2.20. The normalized spacial score (nSPS) is 13.8. The van der Waals surface area contributed by atoms with Gasteiger partial charge in [0.2, 0.25) is 5.91 Å². The van der Waals surface area contributed by atoms with Gasteiger partial charge in [0.15, 0.2) is 0 Å². The van der Waals surface area contributed by atoms with Gasteiger partial charge in [-0.1, -0.05) is 32.0 Å². The quantitative estimate of drug-likeness (QED) is 0.554. The molecule has 0 aliphatic rings. The number of nitrogens with one attached hydrogen (secondary N) is 2. The van der Waals surface area contributed by atoms with Crippen molar-refractivity contribution in [3.05, 3.63) is 36.0 Å². The van der Waals surface area contributed by atoms with Gasteiger partial charge in [-0.2, -0.15) is 12.6 Å². The van der Waals surface area contributed by atoms with E-state index in [0.29, 0.717) is 18.1 Å². The van der Waals surface area contributed by atoms with Gasteiger partial charge in [0.1, 0.15) is 6.04 Å². The fraction of sp³-hybridized carbons (Fsp3) is 0.444. The molecule has 0 fully saturated rings. The van der Waals surface area contributed by atoms with Crippen LogP contribution in [0.25, 0.3) is 10.9 Å². The van der Waals surface area contributed by atoms with Crippen molar-refractivity contribution >= 4 is 35.4 Å². The van der Waals surface area contributed by atoms with Crippen molar-refractivity contribution < 1.29 is 14.7 Å². The first-order valence-corrected chi connectivity index (χ1v) is 8.74. The molecule has 1 heterocycles. The maximum Gasteiger partial charge on any atom is 0.326 e. The number of amides is 1. The summed E-state index contributed by atoms with van der Waals surface area (Å²) in [6.45, 7) is 4.06. The number of fused-ring (bicyclic) bond motifs is 1. The third kappa shape index (κ3) is 4.54. The summed E-state index contributed by atoms with van der Waals surface area (Å²) in [5.74, 6) is -0.798. The van der Waals surface area contributed by atoms with Gasteiger partial charge in [-0.05, 0) is 24.0 Å². The lowest BCUT2D eigenvalue weighted by Gasteiger charge is -2.20. The van der Waals surface area contributed by atoms with Crippen molar-refractivity contribution in [2.45, 2.75) is 32.7 Å². The summed E-state index contributed by atoms with van der Waals surface area (Å²) in [6, 6.07) is 6.76. The van der Waals surface area contributed by atoms with Crippen LogP contribution >= 0.6 is 12.6 Å². The summed E-state index contributed by atoms with van der Waals surface area (Å²) in [7, 11) is 0. The standard InChI is InChI=1S/C18H24N2O3S/c1-11(2)7-13(10-24)17(21)20-16(18(22)23)8-12-9-19-15-6-4-3-5-14(12)15/h3-6,9,11,13,16,19,24H,7-8,10H2,1-2H3,(H,20,21)(H,22,23). The first-order chi connectivity index (χ1) is 11.4. The van der Waals surface area contributed by atoms with Crippen molar-refractivity contribution in [1.82, 2.24) is 10.3 Å². The molecule has 1 amide bonds. The molecule has 3 N–H and O–H groups in total. The van der Waals surface area contributed by atoms with Crippen LogP contribution in [0.15, 0.2) is 30.5 Å². The molecular weight excluding hydrogens is 324 g/mol. The highest BCUT2D eigenvalue weighted by atomic mass is 32.1. The minimum atomic E-state index is -1.03. The largest absolute Gasteiger partial charge is 0.480 e. The minimum Gasteiger partial charge on any atom is -0.480 e. The van der Waals surface area contributed by atoms with Crippen LogP contribution in [0.5, 0.6) is 0 Å². The van der Waals surface area contributed by atoms with Crippen LogP contribution in [-0.2, 0) is 16.0 Å². The molecule has 0 aliphatic heterocycles. The molecule has 130 valence electrons. The van der Waals surface area contributed by atoms with E-state index in [1.807, 2.05) is 38.1 Å². The zero-order chi connectivity index (χ0) is 17.7. The number of aliphatic carboxylic acids is 1. The van der Waals surface area contributed by atoms with Gasteiger partial charge in [-0.15, -0.1) is 0 Å². The zero-order valence-corrected chi connectivity index (χ0v) is 14.8. The molecule has 0 bridgehead atoms. The molecule has 0 spiro atoms. The summed E-state index contributed by atoms with van der Waals surface area (Å²) in [6.07, 6.45) is 2.73. The Hall–Kier alpha value is -1.95. The van der Waals surface area contributed by atoms with Crippen molar-refractivity contribution in [1.29, 1.82) is 0 Å². The molecular formula is C18H24N2O3S. The van der Waals surface area contributed by atoms with Crippen molar-refractivity contribution in [2.24, 2.45) is 11.8 Å². The molecule has 1 aromatic heterocycles. The number of hydrogen-bond donors (Lipinski definition) is 4. The van der Waals surface area contributed by atoms with Crippen LogP contribution in [0.3, 0.4) is 0 Å². The lowest BCUT2D eigenvalue weighted by atomic mass is 9.97. The number of thiol groups is 1. The number of aromatic nitrogens is 1. The summed E-state index contributed by atoms with van der Waals surface area (Å²) in [5.41, 5.74) is 1.83. The number of hydrogen-bond acceptors (Lipinski definition) is 3. The Morgan fingerprint density at radius 2 is 2.00 bits per heavy atom. The third-order valence-electron chi connectivity index (χ3n) is 4.06. The van der Waals surface area contributed by atoms with Gasteiger partial charge in [-0.25, -0.2) is 4.79 Å². The van der Waals surface area contributed by atoms with E-state index in [4.69, 9.17) is 0 Å². The molecule has 24 heavy (non-hydrogen) atoms. The maximum atomic E-state index is 12.4. The van der Waals surface area contributed by atoms with E-state index in [9.17, 15) is 14.7 Å². The van der Waals surface area contributed by atoms with E-state index in [1.54, 1.807) is 6.20 Å². The van der Waals surface area contributed by atoms with Crippen LogP contribution in [-0.4, -0.2) is 33.8 Å². The Kier molecular flexibility index (Phi) is 6.31. The first kappa shape index (κ1) is 18.4. The number of carboxylic acid groups (broad SMARTS) is 1. The molecule has 5 nitrogen and oxygen atoms in total. The molecule has 0 aliphatic carbocycles. The number of aromatic amines is 1. The molecule has 1 aromatic carbocycles. The zero-order valence-electron chi connectivity index (χ0n) is 14.0. The molecule has 0 saturated carbocycles. The number of carbonyl (C=O) groups excluding carboxylic acids is 1. The van der Waals surface area contributed by atoms with Gasteiger partial charge >= 0.3 is 5.97 Å². The summed E-state index contributed by atoms with van der Waals surface area (Å²) in [4.78, 5) is 27.1. The van der Waals surface area contributed by atoms with E-state index >= 15 is 0 Å². The number of H-pyrrole nitrogens is 1. The van der Waals surface area contributed by atoms with Crippen LogP contribution in [0.1, 0.15) is 25.8 Å². The van der Waals surface area contributed by atoms with Crippen LogP contribution in [0, 0.1) is 11.8 Å². The number of rotatable bonds is 8. The van der Waals surface area contributed by atoms with E-state index in [0.717, 1.165) is 16.5 Å². The summed E-state index contributed by atoms with van der Waals surface area (Å²) < 4.78 is 0. The number of carboxylic acids is 1. The average Bonchev–Trinajstić information content (AvgIpc) is 2.94. The fourth-order valence-electron chi connectivity index (χ4n) is 2.84. The molecule has 2 aromatic rings. The average molecular weight is 348 g/mol. The molecule has 2 rings (SSSR count). The Labute approximate surface area is 147 Å². The fourth-order valence-corrected chi connectivity index (χ4v) is 3.16. The number of benzene rings is 1. The Balaban J connectivity index is 2.12. The second kappa shape index (κ2) is 8.24. The highest BCUT2D eigenvalue weighted by Gasteiger charge is 2.26. The second-order valence-corrected chi connectivity index (χ2v) is 6.84. The smallest absolute Gasteiger partial charge is 0.326 e. The summed E-state index contributed by atoms with van der Waals surface area (Å²) in [5, 5.41) is 13.1. The molecule has 0 saturated heterocycles. The second-order valence-electron chi connectivity index (χ2n) is 6.47. The summed E-state index contributed by atoms with van der Waals surface area (Å²) >= 11 is 4.23. The lowest BCUT2D eigenvalue weighted by molar-refractivity contribution is -0.142. The van der Waals surface area contributed by atoms with Gasteiger partial charge in [0, 0.05) is 35.2 Å². The number of carbonyl (C=O) groups is 2. The van der Waals surface area contributed by atoms with E-state index in [2.05, 4.69) is 22.9 Å². The minimum absolute atomic E-state index is 0.242. The SMILES string of the molecule is CC(C)CC(CS)C(=O)NC(Cc1c[nH]c2ccccc12)C(=O)O. The molecule has 6 heteroatoms. The van der Waals surface area contributed by atoms with E-state index in [1.165, 1.54) is 0 Å². The van der Waals surface area contributed by atoms with Gasteiger partial charge in [0.05, 0.1) is 0 Å². The van der Waals surface area contributed by atoms with Crippen molar-refractivity contribution in [3.63, 3.8) is 0 Å². The Morgan fingerprint density at radius 1 is 1.29 bits per heavy atom. The maximum absolute atomic E-state index is 12.4. The Bertz CT molecular complexity index is 711. The Morgan fingerprint density at radius 3 is 2.62 bits per heavy atom. The van der Waals surface area contributed by atoms with Crippen LogP contribution in [0.4, 0.5) is 0 Å². The van der Waals surface area contributed by atoms with Gasteiger partial charge in [-0.3, -0.25) is 4.79 Å². The van der Waals surface area contributed by atoms with Gasteiger partial charge < -0.3 is 15.4 Å². The van der Waals surface area contributed by atoms with Crippen molar-refractivity contribution in [3.8, 4) is 0 Å². The predicted molar refractivity (Wildman–Crippen MR) is 98.4 cm³/mol. The number of para-hydroxylation sites is 1. The third-order valence-corrected chi connectivity index (χ3v) is 4.50. The predicted octanol–water partition coefficient (Wildman–Crippen LogP) is 2.87. The van der Waals surface area contributed by atoms with Crippen LogP contribution < -0.4 is 5.32 Å². The van der Waals surface area contributed by atoms with E-state index < -0.39 is 12.0 Å². The topological polar surface area (TPSA) is 82.2 Å². The van der Waals surface area contributed by atoms with E-state index in [-0.39, 0.29) is 18.2 Å². The molecule has 0 radical (unpaired) electrons. The first-order valence-electron chi connectivity index (χ1n) is 8.11. The van der Waals surface area contributed by atoms with Crippen LogP contribution in [0.2, 0.25) is 0 Å². The van der Waals surface area contributed by atoms with Gasteiger partial charge in [0.25, 0.3) is 0 Å². The lowest BCUT2D eigenvalue weighted by Crippen LogP contribution is -2.45. The molecule has 2 unspecified atom stereocenters.